The molecular weight excluding hydrogens is 371 g/mol. The predicted octanol–water partition coefficient (Wildman–Crippen LogP) is 3.14. The summed E-state index contributed by atoms with van der Waals surface area (Å²) in [6.45, 7) is -0.152. The van der Waals surface area contributed by atoms with E-state index in [1.54, 1.807) is 4.40 Å². The van der Waals surface area contributed by atoms with Crippen LogP contribution in [0.1, 0.15) is 39.5 Å². The lowest BCUT2D eigenvalue weighted by Crippen LogP contribution is -2.18. The van der Waals surface area contributed by atoms with Crippen molar-refractivity contribution in [2.24, 2.45) is 0 Å². The number of aryl methyl sites for hydroxylation is 2. The van der Waals surface area contributed by atoms with Crippen LogP contribution >= 0.6 is 11.3 Å². The molecule has 2 heterocycles. The van der Waals surface area contributed by atoms with Crippen LogP contribution in [0.5, 0.6) is 5.75 Å². The number of aromatic nitrogens is 2. The van der Waals surface area contributed by atoms with Crippen molar-refractivity contribution < 1.29 is 18.7 Å². The van der Waals surface area contributed by atoms with Gasteiger partial charge in [0.15, 0.2) is 16.5 Å². The van der Waals surface area contributed by atoms with Crippen molar-refractivity contribution in [2.45, 2.75) is 32.3 Å². The molecule has 27 heavy (non-hydrogen) atoms. The molecule has 140 valence electrons. The number of carbonyl (C=O) groups excluding carboxylic acids is 1. The Labute approximate surface area is 158 Å². The number of fused-ring (bicyclic) bond motifs is 3. The van der Waals surface area contributed by atoms with Gasteiger partial charge >= 0.3 is 5.97 Å². The van der Waals surface area contributed by atoms with Gasteiger partial charge in [0.2, 0.25) is 0 Å². The first kappa shape index (κ1) is 17.7. The third kappa shape index (κ3) is 3.32. The number of methoxy groups -OCH3 is 1. The largest absolute Gasteiger partial charge is 0.494 e. The molecule has 8 heteroatoms. The van der Waals surface area contributed by atoms with E-state index < -0.39 is 11.8 Å². The molecule has 0 saturated carbocycles. The quantitative estimate of drug-likeness (QED) is 0.642. The third-order valence-corrected chi connectivity index (χ3v) is 5.70. The standard InChI is InChI=1S/C19H17FN2O4S/c1-25-15-7-6-11(8-13(15)20)18(24)26-10-12-9-17(23)22-14-4-2-3-5-16(14)27-19(22)21-12/h6-9H,2-5,10H2,1H3. The van der Waals surface area contributed by atoms with E-state index in [2.05, 4.69) is 4.98 Å². The summed E-state index contributed by atoms with van der Waals surface area (Å²) in [5.74, 6) is -1.29. The molecule has 0 atom stereocenters. The average Bonchev–Trinajstić information content (AvgIpc) is 3.04. The van der Waals surface area contributed by atoms with E-state index in [0.717, 1.165) is 37.4 Å². The number of hydrogen-bond acceptors (Lipinski definition) is 6. The van der Waals surface area contributed by atoms with Crippen molar-refractivity contribution in [1.82, 2.24) is 9.38 Å². The molecule has 0 bridgehead atoms. The van der Waals surface area contributed by atoms with Gasteiger partial charge in [-0.05, 0) is 43.9 Å². The number of hydrogen-bond donors (Lipinski definition) is 0. The zero-order valence-corrected chi connectivity index (χ0v) is 15.5. The Kier molecular flexibility index (Phi) is 4.65. The predicted molar refractivity (Wildman–Crippen MR) is 98.1 cm³/mol. The summed E-state index contributed by atoms with van der Waals surface area (Å²) in [6, 6.07) is 5.22. The SMILES string of the molecule is COc1ccc(C(=O)OCc2cc(=O)n3c4c(sc3n2)CCCC4)cc1F. The number of halogens is 1. The zero-order chi connectivity index (χ0) is 19.0. The van der Waals surface area contributed by atoms with Crippen LogP contribution in [0.2, 0.25) is 0 Å². The van der Waals surface area contributed by atoms with Crippen LogP contribution in [0, 0.1) is 5.82 Å². The van der Waals surface area contributed by atoms with Gasteiger partial charge in [0.25, 0.3) is 5.56 Å². The lowest BCUT2D eigenvalue weighted by Gasteiger charge is -2.10. The molecule has 0 saturated heterocycles. The number of thiazole rings is 1. The van der Waals surface area contributed by atoms with E-state index in [1.807, 2.05) is 0 Å². The van der Waals surface area contributed by atoms with E-state index in [0.29, 0.717) is 10.7 Å². The minimum Gasteiger partial charge on any atom is -0.494 e. The van der Waals surface area contributed by atoms with Crippen LogP contribution in [0.15, 0.2) is 29.1 Å². The molecule has 0 spiro atoms. The van der Waals surface area contributed by atoms with Crippen molar-refractivity contribution in [3.05, 3.63) is 62.3 Å². The highest BCUT2D eigenvalue weighted by molar-refractivity contribution is 7.17. The number of benzene rings is 1. The zero-order valence-electron chi connectivity index (χ0n) is 14.7. The van der Waals surface area contributed by atoms with E-state index >= 15 is 0 Å². The first-order valence-corrected chi connectivity index (χ1v) is 9.42. The van der Waals surface area contributed by atoms with Crippen molar-refractivity contribution in [3.8, 4) is 5.75 Å². The highest BCUT2D eigenvalue weighted by Crippen LogP contribution is 2.28. The van der Waals surface area contributed by atoms with Crippen LogP contribution in [-0.2, 0) is 24.2 Å². The fraction of sp³-hybridized carbons (Fsp3) is 0.316. The first-order chi connectivity index (χ1) is 13.1. The molecule has 0 unspecified atom stereocenters. The highest BCUT2D eigenvalue weighted by Gasteiger charge is 2.19. The van der Waals surface area contributed by atoms with E-state index in [9.17, 15) is 14.0 Å². The summed E-state index contributed by atoms with van der Waals surface area (Å²) in [7, 11) is 1.35. The molecule has 0 radical (unpaired) electrons. The molecule has 3 aromatic rings. The van der Waals surface area contributed by atoms with Gasteiger partial charge in [0.05, 0.1) is 18.4 Å². The molecular formula is C19H17FN2O4S. The molecule has 1 aromatic carbocycles. The summed E-state index contributed by atoms with van der Waals surface area (Å²) >= 11 is 1.51. The fourth-order valence-electron chi connectivity index (χ4n) is 3.23. The van der Waals surface area contributed by atoms with Crippen molar-refractivity contribution >= 4 is 22.3 Å². The Morgan fingerprint density at radius 3 is 2.89 bits per heavy atom. The first-order valence-electron chi connectivity index (χ1n) is 8.60. The number of esters is 1. The Balaban J connectivity index is 1.54. The van der Waals surface area contributed by atoms with Crippen molar-refractivity contribution in [1.29, 1.82) is 0 Å². The van der Waals surface area contributed by atoms with Gasteiger partial charge in [-0.25, -0.2) is 14.2 Å². The summed E-state index contributed by atoms with van der Waals surface area (Å²) in [5.41, 5.74) is 1.33. The minimum atomic E-state index is -0.691. The van der Waals surface area contributed by atoms with Gasteiger partial charge in [0.1, 0.15) is 6.61 Å². The van der Waals surface area contributed by atoms with Gasteiger partial charge in [-0.3, -0.25) is 9.20 Å². The lowest BCUT2D eigenvalue weighted by molar-refractivity contribution is 0.0467. The second-order valence-electron chi connectivity index (χ2n) is 6.31. The van der Waals surface area contributed by atoms with Crippen LogP contribution in [-0.4, -0.2) is 22.5 Å². The van der Waals surface area contributed by atoms with E-state index in [4.69, 9.17) is 9.47 Å². The summed E-state index contributed by atoms with van der Waals surface area (Å²) in [5, 5.41) is 0. The number of nitrogens with zero attached hydrogens (tertiary/aromatic N) is 2. The Bertz CT molecular complexity index is 1090. The monoisotopic (exact) mass is 388 g/mol. The molecule has 1 aliphatic carbocycles. The fourth-order valence-corrected chi connectivity index (χ4v) is 4.46. The third-order valence-electron chi connectivity index (χ3n) is 4.55. The van der Waals surface area contributed by atoms with E-state index in [1.165, 1.54) is 41.5 Å². The van der Waals surface area contributed by atoms with Crippen LogP contribution in [0.3, 0.4) is 0 Å². The van der Waals surface area contributed by atoms with Gasteiger partial charge in [0, 0.05) is 16.6 Å². The second-order valence-corrected chi connectivity index (χ2v) is 7.37. The Hall–Kier alpha value is -2.74. The molecule has 0 aliphatic heterocycles. The van der Waals surface area contributed by atoms with Gasteiger partial charge in [-0.15, -0.1) is 11.3 Å². The van der Waals surface area contributed by atoms with E-state index in [-0.39, 0.29) is 23.5 Å². The van der Waals surface area contributed by atoms with Crippen molar-refractivity contribution in [3.63, 3.8) is 0 Å². The number of rotatable bonds is 4. The van der Waals surface area contributed by atoms with Gasteiger partial charge in [-0.2, -0.15) is 0 Å². The maximum atomic E-state index is 13.7. The van der Waals surface area contributed by atoms with Crippen LogP contribution in [0.25, 0.3) is 4.96 Å². The molecule has 4 rings (SSSR count). The maximum Gasteiger partial charge on any atom is 0.338 e. The average molecular weight is 388 g/mol. The molecule has 6 nitrogen and oxygen atoms in total. The second kappa shape index (κ2) is 7.11. The minimum absolute atomic E-state index is 0.0494. The topological polar surface area (TPSA) is 69.9 Å². The highest BCUT2D eigenvalue weighted by atomic mass is 32.1. The maximum absolute atomic E-state index is 13.7. The smallest absolute Gasteiger partial charge is 0.338 e. The lowest BCUT2D eigenvalue weighted by atomic mass is 10.0. The number of ether oxygens (including phenoxy) is 2. The molecule has 2 aromatic heterocycles. The van der Waals surface area contributed by atoms with Crippen LogP contribution < -0.4 is 10.3 Å². The molecule has 0 fully saturated rings. The molecule has 0 N–H and O–H groups in total. The normalized spacial score (nSPS) is 13.4. The van der Waals surface area contributed by atoms with Gasteiger partial charge in [-0.1, -0.05) is 0 Å². The van der Waals surface area contributed by atoms with Crippen LogP contribution in [0.4, 0.5) is 4.39 Å². The molecule has 0 amide bonds. The summed E-state index contributed by atoms with van der Waals surface area (Å²) in [4.78, 5) is 30.9. The summed E-state index contributed by atoms with van der Waals surface area (Å²) < 4.78 is 25.4. The molecule has 1 aliphatic rings. The number of carbonyl (C=O) groups is 1. The van der Waals surface area contributed by atoms with Crippen molar-refractivity contribution in [2.75, 3.05) is 7.11 Å². The summed E-state index contributed by atoms with van der Waals surface area (Å²) in [6.07, 6.45) is 4.05. The Morgan fingerprint density at radius 2 is 2.11 bits per heavy atom. The Morgan fingerprint density at radius 1 is 1.30 bits per heavy atom. The van der Waals surface area contributed by atoms with Gasteiger partial charge < -0.3 is 9.47 Å².